The lowest BCUT2D eigenvalue weighted by Gasteiger charge is -2.29. The van der Waals surface area contributed by atoms with Crippen LogP contribution in [0.3, 0.4) is 0 Å². The fraction of sp³-hybridized carbons (Fsp3) is 0.393. The largest absolute Gasteiger partial charge is 0.372 e. The van der Waals surface area contributed by atoms with Gasteiger partial charge in [0.25, 0.3) is 0 Å². The van der Waals surface area contributed by atoms with E-state index >= 15 is 0 Å². The monoisotopic (exact) mass is 553 g/mol. The third kappa shape index (κ3) is 3.90. The Kier molecular flexibility index (Phi) is 5.81. The van der Waals surface area contributed by atoms with Gasteiger partial charge in [-0.05, 0) is 55.9 Å². The minimum absolute atomic E-state index is 0.107. The van der Waals surface area contributed by atoms with E-state index in [2.05, 4.69) is 30.3 Å². The van der Waals surface area contributed by atoms with E-state index in [9.17, 15) is 4.79 Å². The second kappa shape index (κ2) is 9.09. The Morgan fingerprint density at radius 1 is 1.14 bits per heavy atom. The van der Waals surface area contributed by atoms with Gasteiger partial charge in [-0.25, -0.2) is 4.98 Å². The molecule has 1 saturated heterocycles. The van der Waals surface area contributed by atoms with Crippen molar-refractivity contribution in [3.05, 3.63) is 63.3 Å². The predicted octanol–water partition coefficient (Wildman–Crippen LogP) is 7.41. The van der Waals surface area contributed by atoms with Crippen LogP contribution in [-0.4, -0.2) is 28.2 Å². The van der Waals surface area contributed by atoms with Crippen LogP contribution in [0, 0.1) is 5.92 Å². The average Bonchev–Trinajstić information content (AvgIpc) is 3.20. The van der Waals surface area contributed by atoms with Gasteiger partial charge in [0.15, 0.2) is 5.13 Å². The van der Waals surface area contributed by atoms with E-state index in [0.717, 1.165) is 58.8 Å². The van der Waals surface area contributed by atoms with Crippen molar-refractivity contribution >= 4 is 55.8 Å². The fourth-order valence-corrected chi connectivity index (χ4v) is 7.53. The van der Waals surface area contributed by atoms with Crippen LogP contribution >= 0.6 is 34.5 Å². The summed E-state index contributed by atoms with van der Waals surface area (Å²) >= 11 is 14.6. The van der Waals surface area contributed by atoms with Crippen LogP contribution in [-0.2, 0) is 22.6 Å². The van der Waals surface area contributed by atoms with Crippen LogP contribution in [0.4, 0.5) is 5.13 Å². The predicted molar refractivity (Wildman–Crippen MR) is 146 cm³/mol. The number of anilines is 1. The summed E-state index contributed by atoms with van der Waals surface area (Å²) in [7, 11) is 0. The van der Waals surface area contributed by atoms with Crippen LogP contribution in [0.2, 0.25) is 10.0 Å². The Bertz CT molecular complexity index is 1510. The van der Waals surface area contributed by atoms with E-state index in [1.165, 1.54) is 5.56 Å². The Morgan fingerprint density at radius 3 is 2.65 bits per heavy atom. The standard InChI is InChI=1S/C28H25Cl2N3O3S/c1-2-14-5-3-8-22-24(14)31-28(37-22)33-16-11-17(27(33)34)21(12-16)35-13-18-25(32-36-26(18)15-9-10-15)23-19(29)6-4-7-20(23)30/h3-8,15-17,21H,2,9-13H2,1H3/t16-,17+,21+/m0/s1. The fourth-order valence-electron chi connectivity index (χ4n) is 5.86. The zero-order valence-corrected chi connectivity index (χ0v) is 22.6. The molecule has 3 fully saturated rings. The minimum Gasteiger partial charge on any atom is -0.372 e. The maximum absolute atomic E-state index is 13.5. The number of carbonyl (C=O) groups is 1. The Morgan fingerprint density at radius 2 is 1.92 bits per heavy atom. The number of aryl methyl sites for hydroxylation is 1. The molecule has 37 heavy (non-hydrogen) atoms. The van der Waals surface area contributed by atoms with Crippen molar-refractivity contribution in [3.8, 4) is 11.3 Å². The van der Waals surface area contributed by atoms with E-state index in [1.54, 1.807) is 23.5 Å². The van der Waals surface area contributed by atoms with Gasteiger partial charge in [0.2, 0.25) is 5.91 Å². The van der Waals surface area contributed by atoms with Gasteiger partial charge in [0.1, 0.15) is 11.5 Å². The number of piperidine rings is 1. The number of rotatable bonds is 7. The quantitative estimate of drug-likeness (QED) is 0.238. The van der Waals surface area contributed by atoms with Gasteiger partial charge in [-0.15, -0.1) is 0 Å². The summed E-state index contributed by atoms with van der Waals surface area (Å²) in [5, 5.41) is 6.21. The highest BCUT2D eigenvalue weighted by molar-refractivity contribution is 7.22. The lowest BCUT2D eigenvalue weighted by molar-refractivity contribution is -0.126. The molecule has 0 N–H and O–H groups in total. The highest BCUT2D eigenvalue weighted by Gasteiger charge is 2.53. The smallest absolute Gasteiger partial charge is 0.234 e. The van der Waals surface area contributed by atoms with E-state index in [4.69, 9.17) is 37.4 Å². The average molecular weight is 554 g/mol. The molecular formula is C28H25Cl2N3O3S. The number of amides is 1. The topological polar surface area (TPSA) is 68.5 Å². The number of para-hydroxylation sites is 1. The minimum atomic E-state index is -0.167. The van der Waals surface area contributed by atoms with E-state index in [-0.39, 0.29) is 24.0 Å². The second-order valence-electron chi connectivity index (χ2n) is 10.1. The highest BCUT2D eigenvalue weighted by Crippen LogP contribution is 2.48. The first kappa shape index (κ1) is 23.7. The van der Waals surface area contributed by atoms with Crippen LogP contribution in [0.15, 0.2) is 40.9 Å². The molecule has 1 aliphatic heterocycles. The Labute approximate surface area is 228 Å². The summed E-state index contributed by atoms with van der Waals surface area (Å²) in [5.41, 5.74) is 4.42. The first-order chi connectivity index (χ1) is 18.0. The molecule has 7 rings (SSSR count). The third-order valence-electron chi connectivity index (χ3n) is 7.89. The van der Waals surface area contributed by atoms with Crippen LogP contribution in [0.1, 0.15) is 55.4 Å². The lowest BCUT2D eigenvalue weighted by atomic mass is 10.0. The summed E-state index contributed by atoms with van der Waals surface area (Å²) in [5.74, 6) is 1.15. The highest BCUT2D eigenvalue weighted by atomic mass is 35.5. The van der Waals surface area contributed by atoms with Crippen molar-refractivity contribution in [2.75, 3.05) is 4.90 Å². The van der Waals surface area contributed by atoms with Crippen LogP contribution < -0.4 is 4.90 Å². The number of halogens is 2. The normalized spacial score (nSPS) is 23.1. The van der Waals surface area contributed by atoms with Crippen molar-refractivity contribution < 1.29 is 14.1 Å². The Hall–Kier alpha value is -2.45. The number of carbonyl (C=O) groups excluding carboxylic acids is 1. The first-order valence-electron chi connectivity index (χ1n) is 12.8. The number of benzene rings is 2. The third-order valence-corrected chi connectivity index (χ3v) is 9.54. The Balaban J connectivity index is 1.12. The molecule has 3 heterocycles. The number of ether oxygens (including phenoxy) is 1. The zero-order valence-electron chi connectivity index (χ0n) is 20.2. The van der Waals surface area contributed by atoms with Gasteiger partial charge < -0.3 is 9.26 Å². The number of hydrogen-bond acceptors (Lipinski definition) is 6. The van der Waals surface area contributed by atoms with Crippen LogP contribution in [0.25, 0.3) is 21.5 Å². The molecule has 3 aliphatic rings. The zero-order chi connectivity index (χ0) is 25.3. The molecule has 2 aromatic heterocycles. The van der Waals surface area contributed by atoms with Crippen molar-refractivity contribution in [3.63, 3.8) is 0 Å². The summed E-state index contributed by atoms with van der Waals surface area (Å²) in [6.07, 6.45) is 4.50. The van der Waals surface area contributed by atoms with E-state index in [0.29, 0.717) is 33.8 Å². The molecule has 0 radical (unpaired) electrons. The molecule has 2 aliphatic carbocycles. The molecule has 2 saturated carbocycles. The van der Waals surface area contributed by atoms with Crippen LogP contribution in [0.5, 0.6) is 0 Å². The molecule has 4 aromatic rings. The number of aromatic nitrogens is 2. The first-order valence-corrected chi connectivity index (χ1v) is 14.4. The maximum Gasteiger partial charge on any atom is 0.234 e. The van der Waals surface area contributed by atoms with Crippen molar-refractivity contribution in [2.45, 2.75) is 63.7 Å². The molecule has 9 heteroatoms. The van der Waals surface area contributed by atoms with Gasteiger partial charge in [0.05, 0.1) is 38.9 Å². The SMILES string of the molecule is CCc1cccc2sc(N3C(=O)[C@@H]4C[C@H]3C[C@H]4OCc3c(-c4c(Cl)cccc4Cl)noc3C3CC3)nc12. The molecule has 2 aromatic carbocycles. The summed E-state index contributed by atoms with van der Waals surface area (Å²) in [6, 6.07) is 11.8. The molecule has 2 bridgehead atoms. The number of thiazole rings is 1. The number of hydrogen-bond donors (Lipinski definition) is 0. The molecule has 0 unspecified atom stereocenters. The van der Waals surface area contributed by atoms with Crippen molar-refractivity contribution in [1.82, 2.24) is 10.1 Å². The molecule has 190 valence electrons. The van der Waals surface area contributed by atoms with Gasteiger partial charge in [-0.1, -0.05) is 64.8 Å². The number of fused-ring (bicyclic) bond motifs is 3. The van der Waals surface area contributed by atoms with E-state index in [1.807, 2.05) is 11.0 Å². The van der Waals surface area contributed by atoms with Crippen molar-refractivity contribution in [2.24, 2.45) is 5.92 Å². The molecular weight excluding hydrogens is 529 g/mol. The summed E-state index contributed by atoms with van der Waals surface area (Å²) in [4.78, 5) is 20.3. The van der Waals surface area contributed by atoms with Gasteiger partial charge >= 0.3 is 0 Å². The lowest BCUT2D eigenvalue weighted by Crippen LogP contribution is -2.43. The summed E-state index contributed by atoms with van der Waals surface area (Å²) in [6.45, 7) is 2.45. The van der Waals surface area contributed by atoms with Gasteiger partial charge in [-0.2, -0.15) is 0 Å². The van der Waals surface area contributed by atoms with Gasteiger partial charge in [-0.3, -0.25) is 9.69 Å². The second-order valence-corrected chi connectivity index (χ2v) is 12.0. The molecule has 0 spiro atoms. The molecule has 6 nitrogen and oxygen atoms in total. The summed E-state index contributed by atoms with van der Waals surface area (Å²) < 4.78 is 13.3. The molecule has 3 atom stereocenters. The number of nitrogens with zero attached hydrogens (tertiary/aromatic N) is 3. The van der Waals surface area contributed by atoms with Crippen molar-refractivity contribution in [1.29, 1.82) is 0 Å². The van der Waals surface area contributed by atoms with E-state index < -0.39 is 0 Å². The van der Waals surface area contributed by atoms with Gasteiger partial charge in [0, 0.05) is 23.1 Å². The maximum atomic E-state index is 13.5. The molecule has 1 amide bonds.